The number of nitrogens with zero attached hydrogens (tertiary/aromatic N) is 2. The largest absolute Gasteiger partial charge is 0.444 e. The van der Waals surface area contributed by atoms with Crippen LogP contribution in [0.15, 0.2) is 11.5 Å². The number of aryl methyl sites for hydroxylation is 1. The van der Waals surface area contributed by atoms with Crippen molar-refractivity contribution in [3.8, 4) is 0 Å². The Hall–Kier alpha value is -1.36. The molecule has 0 spiro atoms. The Balaban J connectivity index is 1.93. The van der Waals surface area contributed by atoms with Crippen molar-refractivity contribution in [1.29, 1.82) is 0 Å². The SMILES string of the molecule is CCCCc1csc(C2=CCN(C(=O)OC(C)(C)C)CC2)n1. The van der Waals surface area contributed by atoms with Gasteiger partial charge in [-0.2, -0.15) is 0 Å². The second kappa shape index (κ2) is 7.27. The number of hydrogen-bond donors (Lipinski definition) is 0. The van der Waals surface area contributed by atoms with Gasteiger partial charge in [0.15, 0.2) is 0 Å². The molecular weight excluding hydrogens is 296 g/mol. The van der Waals surface area contributed by atoms with Gasteiger partial charge in [0.1, 0.15) is 10.6 Å². The predicted octanol–water partition coefficient (Wildman–Crippen LogP) is 4.51. The second-order valence-electron chi connectivity index (χ2n) is 6.65. The summed E-state index contributed by atoms with van der Waals surface area (Å²) in [5.41, 5.74) is 2.01. The summed E-state index contributed by atoms with van der Waals surface area (Å²) in [7, 11) is 0. The number of rotatable bonds is 4. The number of carbonyl (C=O) groups excluding carboxylic acids is 1. The fraction of sp³-hybridized carbons (Fsp3) is 0.647. The van der Waals surface area contributed by atoms with Crippen LogP contribution < -0.4 is 0 Å². The van der Waals surface area contributed by atoms with Crippen molar-refractivity contribution in [3.05, 3.63) is 22.2 Å². The highest BCUT2D eigenvalue weighted by atomic mass is 32.1. The molecule has 5 heteroatoms. The summed E-state index contributed by atoms with van der Waals surface area (Å²) in [4.78, 5) is 18.5. The van der Waals surface area contributed by atoms with Crippen molar-refractivity contribution in [2.45, 2.75) is 59.0 Å². The molecule has 0 aromatic carbocycles. The van der Waals surface area contributed by atoms with E-state index in [0.29, 0.717) is 13.1 Å². The molecule has 122 valence electrons. The van der Waals surface area contributed by atoms with Gasteiger partial charge in [-0.3, -0.25) is 0 Å². The molecule has 1 aliphatic rings. The van der Waals surface area contributed by atoms with Crippen LogP contribution >= 0.6 is 11.3 Å². The van der Waals surface area contributed by atoms with Crippen LogP contribution in [0, 0.1) is 0 Å². The van der Waals surface area contributed by atoms with Crippen LogP contribution in [0.5, 0.6) is 0 Å². The standard InChI is InChI=1S/C17H26N2O2S/c1-5-6-7-14-12-22-15(18-14)13-8-10-19(11-9-13)16(20)21-17(2,3)4/h8,12H,5-7,9-11H2,1-4H3. The number of carbonyl (C=O) groups is 1. The molecule has 0 atom stereocenters. The molecule has 2 rings (SSSR count). The van der Waals surface area contributed by atoms with Gasteiger partial charge in [-0.15, -0.1) is 11.3 Å². The van der Waals surface area contributed by atoms with Gasteiger partial charge in [-0.05, 0) is 45.6 Å². The van der Waals surface area contributed by atoms with Crippen LogP contribution in [-0.4, -0.2) is 34.7 Å². The Morgan fingerprint density at radius 1 is 1.45 bits per heavy atom. The normalized spacial score (nSPS) is 15.6. The lowest BCUT2D eigenvalue weighted by molar-refractivity contribution is 0.0270. The van der Waals surface area contributed by atoms with E-state index in [1.807, 2.05) is 20.8 Å². The van der Waals surface area contributed by atoms with Crippen molar-refractivity contribution in [2.75, 3.05) is 13.1 Å². The quantitative estimate of drug-likeness (QED) is 0.819. The van der Waals surface area contributed by atoms with Crippen LogP contribution in [0.2, 0.25) is 0 Å². The molecule has 1 aliphatic heterocycles. The van der Waals surface area contributed by atoms with E-state index in [1.54, 1.807) is 16.2 Å². The first kappa shape index (κ1) is 17.0. The Kier molecular flexibility index (Phi) is 5.62. The zero-order valence-electron chi connectivity index (χ0n) is 14.0. The van der Waals surface area contributed by atoms with Crippen LogP contribution in [0.4, 0.5) is 4.79 Å². The first-order valence-corrected chi connectivity index (χ1v) is 8.88. The number of thiazole rings is 1. The van der Waals surface area contributed by atoms with Crippen molar-refractivity contribution in [3.63, 3.8) is 0 Å². The van der Waals surface area contributed by atoms with E-state index in [2.05, 4.69) is 18.4 Å². The molecule has 0 saturated carbocycles. The Bertz CT molecular complexity index is 543. The predicted molar refractivity (Wildman–Crippen MR) is 91.1 cm³/mol. The van der Waals surface area contributed by atoms with Gasteiger partial charge in [0, 0.05) is 18.5 Å². The zero-order valence-corrected chi connectivity index (χ0v) is 14.8. The highest BCUT2D eigenvalue weighted by Gasteiger charge is 2.24. The number of unbranched alkanes of at least 4 members (excludes halogenated alkanes) is 1. The minimum Gasteiger partial charge on any atom is -0.444 e. The average molecular weight is 322 g/mol. The first-order valence-electron chi connectivity index (χ1n) is 8.01. The maximum atomic E-state index is 12.0. The van der Waals surface area contributed by atoms with E-state index in [-0.39, 0.29) is 6.09 Å². The molecule has 0 N–H and O–H groups in total. The Labute approximate surface area is 137 Å². The minimum atomic E-state index is -0.440. The Morgan fingerprint density at radius 3 is 2.82 bits per heavy atom. The lowest BCUT2D eigenvalue weighted by Crippen LogP contribution is -2.39. The first-order chi connectivity index (χ1) is 10.4. The third-order valence-electron chi connectivity index (χ3n) is 3.47. The molecular formula is C17H26N2O2S. The number of hydrogen-bond acceptors (Lipinski definition) is 4. The van der Waals surface area contributed by atoms with Crippen molar-refractivity contribution in [2.24, 2.45) is 0 Å². The number of aromatic nitrogens is 1. The third-order valence-corrected chi connectivity index (χ3v) is 4.44. The zero-order chi connectivity index (χ0) is 16.2. The van der Waals surface area contributed by atoms with Crippen LogP contribution in [-0.2, 0) is 11.2 Å². The summed E-state index contributed by atoms with van der Waals surface area (Å²) in [6, 6.07) is 0. The van der Waals surface area contributed by atoms with Crippen LogP contribution in [0.1, 0.15) is 57.7 Å². The highest BCUT2D eigenvalue weighted by molar-refractivity contribution is 7.10. The smallest absolute Gasteiger partial charge is 0.410 e. The fourth-order valence-corrected chi connectivity index (χ4v) is 3.21. The topological polar surface area (TPSA) is 42.4 Å². The van der Waals surface area contributed by atoms with Crippen molar-refractivity contribution < 1.29 is 9.53 Å². The molecule has 1 aromatic heterocycles. The Morgan fingerprint density at radius 2 is 2.23 bits per heavy atom. The van der Waals surface area contributed by atoms with Crippen LogP contribution in [0.25, 0.3) is 5.57 Å². The fourth-order valence-electron chi connectivity index (χ4n) is 2.28. The summed E-state index contributed by atoms with van der Waals surface area (Å²) in [6.45, 7) is 9.18. The summed E-state index contributed by atoms with van der Waals surface area (Å²) in [5.74, 6) is 0. The van der Waals surface area contributed by atoms with E-state index in [1.165, 1.54) is 24.1 Å². The van der Waals surface area contributed by atoms with Gasteiger partial charge in [0.05, 0.1) is 5.69 Å². The van der Waals surface area contributed by atoms with Gasteiger partial charge in [0.2, 0.25) is 0 Å². The van der Waals surface area contributed by atoms with Gasteiger partial charge in [-0.1, -0.05) is 19.4 Å². The lowest BCUT2D eigenvalue weighted by Gasteiger charge is -2.29. The van der Waals surface area contributed by atoms with Gasteiger partial charge in [-0.25, -0.2) is 9.78 Å². The summed E-state index contributed by atoms with van der Waals surface area (Å²) < 4.78 is 5.41. The molecule has 2 heterocycles. The van der Waals surface area contributed by atoms with Gasteiger partial charge in [0.25, 0.3) is 0 Å². The van der Waals surface area contributed by atoms with Crippen LogP contribution in [0.3, 0.4) is 0 Å². The van der Waals surface area contributed by atoms with Gasteiger partial charge < -0.3 is 9.64 Å². The molecule has 0 radical (unpaired) electrons. The summed E-state index contributed by atoms with van der Waals surface area (Å²) >= 11 is 1.71. The summed E-state index contributed by atoms with van der Waals surface area (Å²) in [5, 5.41) is 3.27. The van der Waals surface area contributed by atoms with E-state index in [4.69, 9.17) is 9.72 Å². The maximum absolute atomic E-state index is 12.0. The highest BCUT2D eigenvalue weighted by Crippen LogP contribution is 2.26. The average Bonchev–Trinajstić information content (AvgIpc) is 2.92. The summed E-state index contributed by atoms with van der Waals surface area (Å²) in [6.07, 6.45) is 6.17. The van der Waals surface area contributed by atoms with Crippen molar-refractivity contribution in [1.82, 2.24) is 9.88 Å². The monoisotopic (exact) mass is 322 g/mol. The maximum Gasteiger partial charge on any atom is 0.410 e. The van der Waals surface area contributed by atoms with Crippen molar-refractivity contribution >= 4 is 23.0 Å². The molecule has 4 nitrogen and oxygen atoms in total. The van der Waals surface area contributed by atoms with E-state index in [9.17, 15) is 4.79 Å². The molecule has 22 heavy (non-hydrogen) atoms. The second-order valence-corrected chi connectivity index (χ2v) is 7.51. The molecule has 0 unspecified atom stereocenters. The molecule has 0 fully saturated rings. The van der Waals surface area contributed by atoms with E-state index in [0.717, 1.165) is 17.8 Å². The molecule has 1 amide bonds. The number of amides is 1. The number of ether oxygens (including phenoxy) is 1. The molecule has 0 aliphatic carbocycles. The van der Waals surface area contributed by atoms with E-state index < -0.39 is 5.60 Å². The van der Waals surface area contributed by atoms with Gasteiger partial charge >= 0.3 is 6.09 Å². The minimum absolute atomic E-state index is 0.231. The molecule has 0 saturated heterocycles. The molecule has 0 bridgehead atoms. The van der Waals surface area contributed by atoms with E-state index >= 15 is 0 Å². The molecule has 1 aromatic rings. The third kappa shape index (κ3) is 4.83. The lowest BCUT2D eigenvalue weighted by atomic mass is 10.1.